The smallest absolute Gasteiger partial charge is 0.385 e. The maximum absolute atomic E-state index is 11.9. The highest BCUT2D eigenvalue weighted by Crippen LogP contribution is 2.22. The fraction of sp³-hybridized carbons (Fsp3) is 0.500. The summed E-state index contributed by atoms with van der Waals surface area (Å²) in [6, 6.07) is 7.43. The van der Waals surface area contributed by atoms with Crippen LogP contribution in [0.25, 0.3) is 0 Å². The van der Waals surface area contributed by atoms with Crippen molar-refractivity contribution in [2.24, 2.45) is 0 Å². The van der Waals surface area contributed by atoms with E-state index >= 15 is 0 Å². The Morgan fingerprint density at radius 2 is 1.94 bits per heavy atom. The summed E-state index contributed by atoms with van der Waals surface area (Å²) in [4.78, 5) is 0. The van der Waals surface area contributed by atoms with Gasteiger partial charge in [-0.05, 0) is 12.5 Å². The summed E-state index contributed by atoms with van der Waals surface area (Å²) in [5.41, 5.74) is 1.78. The topological polar surface area (TPSA) is 21.3 Å². The summed E-state index contributed by atoms with van der Waals surface area (Å²) < 4.78 is 40.8. The molecule has 0 atom stereocenters. The Morgan fingerprint density at radius 3 is 2.59 bits per heavy atom. The number of methoxy groups -OCH3 is 1. The predicted molar refractivity (Wildman–Crippen MR) is 60.9 cm³/mol. The lowest BCUT2D eigenvalue weighted by Gasteiger charge is -2.12. The molecule has 0 aliphatic rings. The van der Waals surface area contributed by atoms with Crippen molar-refractivity contribution in [3.05, 3.63) is 29.8 Å². The maximum Gasteiger partial charge on any atom is 0.389 e. The Bertz CT molecular complexity index is 339. The molecule has 1 aromatic rings. The number of ether oxygens (including phenoxy) is 1. The number of para-hydroxylation sites is 1. The van der Waals surface area contributed by atoms with Gasteiger partial charge in [-0.25, -0.2) is 0 Å². The Morgan fingerprint density at radius 1 is 1.24 bits per heavy atom. The van der Waals surface area contributed by atoms with E-state index in [9.17, 15) is 13.2 Å². The van der Waals surface area contributed by atoms with E-state index in [1.165, 1.54) is 0 Å². The summed E-state index contributed by atoms with van der Waals surface area (Å²) in [5, 5.41) is 2.99. The Kier molecular flexibility index (Phi) is 5.28. The predicted octanol–water partition coefficient (Wildman–Crippen LogP) is 3.59. The van der Waals surface area contributed by atoms with Crippen LogP contribution in [0, 0.1) is 0 Å². The van der Waals surface area contributed by atoms with E-state index < -0.39 is 12.6 Å². The van der Waals surface area contributed by atoms with Crippen LogP contribution in [-0.2, 0) is 11.3 Å². The lowest BCUT2D eigenvalue weighted by Crippen LogP contribution is -2.11. The molecule has 0 aromatic heterocycles. The van der Waals surface area contributed by atoms with Crippen LogP contribution in [-0.4, -0.2) is 19.8 Å². The number of rotatable bonds is 6. The summed E-state index contributed by atoms with van der Waals surface area (Å²) in [5.74, 6) is 0. The van der Waals surface area contributed by atoms with Gasteiger partial charge in [-0.2, -0.15) is 13.2 Å². The first-order chi connectivity index (χ1) is 8.03. The maximum atomic E-state index is 11.9. The third-order valence-corrected chi connectivity index (χ3v) is 2.27. The molecule has 0 amide bonds. The van der Waals surface area contributed by atoms with Crippen LogP contribution in [0.3, 0.4) is 0 Å². The molecular formula is C12H16F3NO. The third kappa shape index (κ3) is 5.58. The van der Waals surface area contributed by atoms with Gasteiger partial charge in [0.25, 0.3) is 0 Å². The van der Waals surface area contributed by atoms with Crippen molar-refractivity contribution < 1.29 is 17.9 Å². The first kappa shape index (κ1) is 13.8. The fourth-order valence-electron chi connectivity index (χ4n) is 1.49. The normalized spacial score (nSPS) is 11.5. The first-order valence-electron chi connectivity index (χ1n) is 5.40. The minimum absolute atomic E-state index is 0.0742. The molecule has 5 heteroatoms. The van der Waals surface area contributed by atoms with E-state index in [-0.39, 0.29) is 6.42 Å². The van der Waals surface area contributed by atoms with Crippen molar-refractivity contribution in [1.82, 2.24) is 0 Å². The lowest BCUT2D eigenvalue weighted by atomic mass is 10.2. The second-order valence-corrected chi connectivity index (χ2v) is 3.74. The Hall–Kier alpha value is -1.23. The third-order valence-electron chi connectivity index (χ3n) is 2.27. The van der Waals surface area contributed by atoms with Crippen LogP contribution >= 0.6 is 0 Å². The van der Waals surface area contributed by atoms with Crippen LogP contribution in [0.1, 0.15) is 18.4 Å². The molecule has 0 unspecified atom stereocenters. The SMILES string of the molecule is COCc1ccccc1NCCCC(F)(F)F. The zero-order valence-corrected chi connectivity index (χ0v) is 9.68. The molecule has 17 heavy (non-hydrogen) atoms. The van der Waals surface area contributed by atoms with Crippen molar-refractivity contribution >= 4 is 5.69 Å². The van der Waals surface area contributed by atoms with Gasteiger partial charge in [-0.3, -0.25) is 0 Å². The largest absolute Gasteiger partial charge is 0.389 e. The number of nitrogens with one attached hydrogen (secondary N) is 1. The van der Waals surface area contributed by atoms with Crippen molar-refractivity contribution in [1.29, 1.82) is 0 Å². The molecule has 0 radical (unpaired) electrons. The van der Waals surface area contributed by atoms with E-state index in [1.807, 2.05) is 24.3 Å². The second kappa shape index (κ2) is 6.49. The average Bonchev–Trinajstić information content (AvgIpc) is 2.25. The van der Waals surface area contributed by atoms with Gasteiger partial charge in [0.2, 0.25) is 0 Å². The number of hydrogen-bond acceptors (Lipinski definition) is 2. The molecule has 2 nitrogen and oxygen atoms in total. The van der Waals surface area contributed by atoms with Crippen molar-refractivity contribution in [3.63, 3.8) is 0 Å². The summed E-state index contributed by atoms with van der Waals surface area (Å²) >= 11 is 0. The highest BCUT2D eigenvalue weighted by atomic mass is 19.4. The molecule has 0 fully saturated rings. The first-order valence-corrected chi connectivity index (χ1v) is 5.40. The number of anilines is 1. The molecule has 96 valence electrons. The highest BCUT2D eigenvalue weighted by molar-refractivity contribution is 5.50. The van der Waals surface area contributed by atoms with Gasteiger partial charge in [-0.1, -0.05) is 18.2 Å². The summed E-state index contributed by atoms with van der Waals surface area (Å²) in [6.45, 7) is 0.753. The quantitative estimate of drug-likeness (QED) is 0.776. The van der Waals surface area contributed by atoms with E-state index in [0.717, 1.165) is 11.3 Å². The Balaban J connectivity index is 2.41. The number of alkyl halides is 3. The number of halogens is 3. The van der Waals surface area contributed by atoms with Gasteiger partial charge >= 0.3 is 6.18 Å². The molecule has 1 aromatic carbocycles. The lowest BCUT2D eigenvalue weighted by molar-refractivity contribution is -0.134. The van der Waals surface area contributed by atoms with Gasteiger partial charge in [-0.15, -0.1) is 0 Å². The highest BCUT2D eigenvalue weighted by Gasteiger charge is 2.25. The monoisotopic (exact) mass is 247 g/mol. The van der Waals surface area contributed by atoms with Crippen LogP contribution in [0.15, 0.2) is 24.3 Å². The van der Waals surface area contributed by atoms with Crippen LogP contribution in [0.4, 0.5) is 18.9 Å². The van der Waals surface area contributed by atoms with E-state index in [0.29, 0.717) is 13.2 Å². The zero-order valence-electron chi connectivity index (χ0n) is 9.68. The van der Waals surface area contributed by atoms with Crippen LogP contribution < -0.4 is 5.32 Å². The van der Waals surface area contributed by atoms with Gasteiger partial charge in [0.15, 0.2) is 0 Å². The Labute approximate surface area is 98.8 Å². The van der Waals surface area contributed by atoms with Crippen molar-refractivity contribution in [2.75, 3.05) is 19.0 Å². The van der Waals surface area contributed by atoms with Gasteiger partial charge in [0, 0.05) is 31.3 Å². The fourth-order valence-corrected chi connectivity index (χ4v) is 1.49. The van der Waals surface area contributed by atoms with E-state index in [4.69, 9.17) is 4.74 Å². The number of hydrogen-bond donors (Lipinski definition) is 1. The van der Waals surface area contributed by atoms with Crippen molar-refractivity contribution in [3.8, 4) is 0 Å². The standard InChI is InChI=1S/C12H16F3NO/c1-17-9-10-5-2-3-6-11(10)16-8-4-7-12(13,14)15/h2-3,5-6,16H,4,7-9H2,1H3. The van der Waals surface area contributed by atoms with Gasteiger partial charge in [0.05, 0.1) is 6.61 Å². The van der Waals surface area contributed by atoms with Crippen LogP contribution in [0.2, 0.25) is 0 Å². The van der Waals surface area contributed by atoms with E-state index in [1.54, 1.807) is 7.11 Å². The van der Waals surface area contributed by atoms with E-state index in [2.05, 4.69) is 5.32 Å². The second-order valence-electron chi connectivity index (χ2n) is 3.74. The molecular weight excluding hydrogens is 231 g/mol. The molecule has 0 saturated heterocycles. The number of benzene rings is 1. The van der Waals surface area contributed by atoms with Crippen molar-refractivity contribution in [2.45, 2.75) is 25.6 Å². The molecule has 0 saturated carbocycles. The van der Waals surface area contributed by atoms with Gasteiger partial charge < -0.3 is 10.1 Å². The minimum atomic E-state index is -4.08. The van der Waals surface area contributed by atoms with Gasteiger partial charge in [0.1, 0.15) is 0 Å². The molecule has 1 N–H and O–H groups in total. The molecule has 0 aliphatic heterocycles. The van der Waals surface area contributed by atoms with Crippen LogP contribution in [0.5, 0.6) is 0 Å². The molecule has 0 spiro atoms. The zero-order chi connectivity index (χ0) is 12.7. The molecule has 1 rings (SSSR count). The summed E-state index contributed by atoms with van der Waals surface area (Å²) in [6.07, 6.45) is -4.76. The summed E-state index contributed by atoms with van der Waals surface area (Å²) in [7, 11) is 1.58. The average molecular weight is 247 g/mol. The molecule has 0 aliphatic carbocycles. The molecule has 0 heterocycles. The molecule has 0 bridgehead atoms. The minimum Gasteiger partial charge on any atom is -0.385 e.